The van der Waals surface area contributed by atoms with Gasteiger partial charge in [-0.3, -0.25) is 10.9 Å². The Morgan fingerprint density at radius 2 is 1.56 bits per heavy atom. The van der Waals surface area contributed by atoms with Crippen molar-refractivity contribution in [3.63, 3.8) is 0 Å². The molecule has 0 saturated heterocycles. The molecule has 0 bridgehead atoms. The van der Waals surface area contributed by atoms with E-state index in [4.69, 9.17) is 23.3 Å². The zero-order chi connectivity index (χ0) is 13.0. The topological polar surface area (TPSA) is 127 Å². The van der Waals surface area contributed by atoms with Crippen molar-refractivity contribution in [1.82, 2.24) is 15.0 Å². The van der Waals surface area contributed by atoms with Gasteiger partial charge in [0.25, 0.3) is 0 Å². The van der Waals surface area contributed by atoms with Gasteiger partial charge in [-0.2, -0.15) is 15.0 Å². The number of hydrogen-bond donors (Lipinski definition) is 5. The van der Waals surface area contributed by atoms with Crippen molar-refractivity contribution < 1.29 is 0 Å². The number of anilines is 4. The first-order chi connectivity index (χ1) is 8.71. The minimum Gasteiger partial charge on any atom is -0.324 e. The van der Waals surface area contributed by atoms with Crippen LogP contribution in [-0.2, 0) is 0 Å². The third-order valence-electron chi connectivity index (χ3n) is 1.97. The van der Waals surface area contributed by atoms with Crippen LogP contribution in [0.5, 0.6) is 0 Å². The molecule has 7 N–H and O–H groups in total. The van der Waals surface area contributed by atoms with E-state index >= 15 is 0 Å². The number of hydrogen-bond acceptors (Lipinski definition) is 8. The summed E-state index contributed by atoms with van der Waals surface area (Å²) in [5, 5.41) is 3.56. The van der Waals surface area contributed by atoms with Crippen molar-refractivity contribution >= 4 is 35.1 Å². The molecule has 1 heterocycles. The lowest BCUT2D eigenvalue weighted by molar-refractivity contribution is 1.02. The van der Waals surface area contributed by atoms with E-state index in [-0.39, 0.29) is 17.8 Å². The SMILES string of the molecule is NNc1nc(NN)nc(Nc2cccc(Cl)c2)n1. The van der Waals surface area contributed by atoms with Gasteiger partial charge >= 0.3 is 0 Å². The van der Waals surface area contributed by atoms with Crippen LogP contribution >= 0.6 is 11.6 Å². The molecule has 2 aromatic rings. The maximum atomic E-state index is 5.87. The van der Waals surface area contributed by atoms with Crippen LogP contribution in [0.15, 0.2) is 24.3 Å². The van der Waals surface area contributed by atoms with E-state index in [0.717, 1.165) is 5.69 Å². The zero-order valence-corrected chi connectivity index (χ0v) is 9.94. The summed E-state index contributed by atoms with van der Waals surface area (Å²) in [6, 6.07) is 7.12. The fourth-order valence-corrected chi connectivity index (χ4v) is 1.45. The number of aromatic nitrogens is 3. The molecule has 0 radical (unpaired) electrons. The summed E-state index contributed by atoms with van der Waals surface area (Å²) in [6.07, 6.45) is 0. The van der Waals surface area contributed by atoms with Gasteiger partial charge in [0.15, 0.2) is 0 Å². The Hall–Kier alpha value is -2.16. The summed E-state index contributed by atoms with van der Waals surface area (Å²) in [7, 11) is 0. The molecule has 0 amide bonds. The number of halogens is 1. The maximum absolute atomic E-state index is 5.87. The van der Waals surface area contributed by atoms with E-state index in [1.54, 1.807) is 18.2 Å². The van der Waals surface area contributed by atoms with E-state index in [0.29, 0.717) is 5.02 Å². The van der Waals surface area contributed by atoms with Crippen LogP contribution in [-0.4, -0.2) is 15.0 Å². The molecular weight excluding hydrogens is 256 g/mol. The first-order valence-corrected chi connectivity index (χ1v) is 5.31. The Kier molecular flexibility index (Phi) is 3.72. The van der Waals surface area contributed by atoms with Gasteiger partial charge in [-0.15, -0.1) is 0 Å². The monoisotopic (exact) mass is 266 g/mol. The lowest BCUT2D eigenvalue weighted by Crippen LogP contribution is -2.17. The molecule has 0 aliphatic carbocycles. The molecular formula is C9H11ClN8. The van der Waals surface area contributed by atoms with Crippen LogP contribution in [0.4, 0.5) is 23.5 Å². The Morgan fingerprint density at radius 1 is 0.944 bits per heavy atom. The molecule has 2 rings (SSSR count). The van der Waals surface area contributed by atoms with Crippen molar-refractivity contribution in [3.8, 4) is 0 Å². The van der Waals surface area contributed by atoms with Crippen molar-refractivity contribution in [1.29, 1.82) is 0 Å². The lowest BCUT2D eigenvalue weighted by Gasteiger charge is -2.08. The Morgan fingerprint density at radius 3 is 2.11 bits per heavy atom. The molecule has 18 heavy (non-hydrogen) atoms. The Balaban J connectivity index is 2.28. The van der Waals surface area contributed by atoms with Crippen LogP contribution in [0.3, 0.4) is 0 Å². The zero-order valence-electron chi connectivity index (χ0n) is 9.18. The number of hydrazine groups is 2. The predicted octanol–water partition coefficient (Wildman–Crippen LogP) is 0.840. The summed E-state index contributed by atoms with van der Waals surface area (Å²) < 4.78 is 0. The van der Waals surface area contributed by atoms with Gasteiger partial charge in [-0.1, -0.05) is 17.7 Å². The van der Waals surface area contributed by atoms with E-state index in [2.05, 4.69) is 31.1 Å². The predicted molar refractivity (Wildman–Crippen MR) is 70.2 cm³/mol. The Bertz CT molecular complexity index is 524. The van der Waals surface area contributed by atoms with Crippen molar-refractivity contribution in [2.45, 2.75) is 0 Å². The largest absolute Gasteiger partial charge is 0.324 e. The highest BCUT2D eigenvalue weighted by Crippen LogP contribution is 2.18. The van der Waals surface area contributed by atoms with E-state index < -0.39 is 0 Å². The van der Waals surface area contributed by atoms with Gasteiger partial charge in [-0.05, 0) is 18.2 Å². The molecule has 0 fully saturated rings. The van der Waals surface area contributed by atoms with Crippen LogP contribution in [0.1, 0.15) is 0 Å². The molecule has 0 saturated carbocycles. The summed E-state index contributed by atoms with van der Waals surface area (Å²) in [5.41, 5.74) is 5.37. The Labute approximate surface area is 108 Å². The number of nitrogen functional groups attached to an aromatic ring is 2. The second kappa shape index (κ2) is 5.45. The van der Waals surface area contributed by atoms with Gasteiger partial charge < -0.3 is 5.32 Å². The van der Waals surface area contributed by atoms with Crippen molar-refractivity contribution in [3.05, 3.63) is 29.3 Å². The molecule has 8 nitrogen and oxygen atoms in total. The normalized spacial score (nSPS) is 9.94. The van der Waals surface area contributed by atoms with Crippen LogP contribution in [0, 0.1) is 0 Å². The highest BCUT2D eigenvalue weighted by Gasteiger charge is 2.05. The number of rotatable bonds is 4. The molecule has 0 spiro atoms. The minimum absolute atomic E-state index is 0.183. The average Bonchev–Trinajstić information content (AvgIpc) is 2.38. The molecule has 0 aliphatic rings. The summed E-state index contributed by atoms with van der Waals surface area (Å²) in [6.45, 7) is 0. The summed E-state index contributed by atoms with van der Waals surface area (Å²) >= 11 is 5.87. The smallest absolute Gasteiger partial charge is 0.243 e. The maximum Gasteiger partial charge on any atom is 0.243 e. The van der Waals surface area contributed by atoms with Gasteiger partial charge in [0, 0.05) is 10.7 Å². The van der Waals surface area contributed by atoms with Gasteiger partial charge in [0.1, 0.15) is 0 Å². The number of nitrogens with two attached hydrogens (primary N) is 2. The molecule has 1 aromatic carbocycles. The van der Waals surface area contributed by atoms with E-state index in [1.807, 2.05) is 6.07 Å². The quantitative estimate of drug-likeness (QED) is 0.407. The molecule has 0 atom stereocenters. The third kappa shape index (κ3) is 2.94. The first-order valence-electron chi connectivity index (χ1n) is 4.93. The molecule has 9 heteroatoms. The summed E-state index contributed by atoms with van der Waals surface area (Å²) in [5.74, 6) is 11.1. The highest BCUT2D eigenvalue weighted by molar-refractivity contribution is 6.30. The van der Waals surface area contributed by atoms with Gasteiger partial charge in [0.05, 0.1) is 0 Å². The van der Waals surface area contributed by atoms with E-state index in [1.165, 1.54) is 0 Å². The number of benzene rings is 1. The van der Waals surface area contributed by atoms with Crippen LogP contribution in [0.25, 0.3) is 0 Å². The fourth-order valence-electron chi connectivity index (χ4n) is 1.26. The highest BCUT2D eigenvalue weighted by atomic mass is 35.5. The second-order valence-corrected chi connectivity index (χ2v) is 3.67. The van der Waals surface area contributed by atoms with E-state index in [9.17, 15) is 0 Å². The van der Waals surface area contributed by atoms with Crippen LogP contribution in [0.2, 0.25) is 5.02 Å². The molecule has 94 valence electrons. The fraction of sp³-hybridized carbons (Fsp3) is 0. The summed E-state index contributed by atoms with van der Waals surface area (Å²) in [4.78, 5) is 11.9. The number of nitrogens with one attached hydrogen (secondary N) is 3. The first kappa shape index (κ1) is 12.3. The minimum atomic E-state index is 0.183. The lowest BCUT2D eigenvalue weighted by atomic mass is 10.3. The van der Waals surface area contributed by atoms with Gasteiger partial charge in [-0.25, -0.2) is 11.7 Å². The van der Waals surface area contributed by atoms with Gasteiger partial charge in [0.2, 0.25) is 17.8 Å². The standard InChI is InChI=1S/C9H11ClN8/c10-5-2-1-3-6(4-5)13-7-14-8(17-11)16-9(15-7)18-12/h1-4H,11-12H2,(H3,13,14,15,16,17,18). The number of nitrogens with zero attached hydrogens (tertiary/aromatic N) is 3. The third-order valence-corrected chi connectivity index (χ3v) is 2.21. The van der Waals surface area contributed by atoms with Crippen molar-refractivity contribution in [2.75, 3.05) is 16.2 Å². The molecule has 1 aromatic heterocycles. The van der Waals surface area contributed by atoms with Crippen molar-refractivity contribution in [2.24, 2.45) is 11.7 Å². The molecule has 0 aliphatic heterocycles. The average molecular weight is 267 g/mol. The van der Waals surface area contributed by atoms with Crippen LogP contribution < -0.4 is 27.9 Å². The molecule has 0 unspecified atom stereocenters. The second-order valence-electron chi connectivity index (χ2n) is 3.23.